The Bertz CT molecular complexity index is 1640. The van der Waals surface area contributed by atoms with E-state index in [1.165, 1.54) is 42.1 Å². The van der Waals surface area contributed by atoms with Gasteiger partial charge in [0.25, 0.3) is 5.69 Å². The second-order valence-electron chi connectivity index (χ2n) is 14.5. The fourth-order valence-corrected chi connectivity index (χ4v) is 7.10. The molecule has 1 unspecified atom stereocenters. The van der Waals surface area contributed by atoms with Crippen LogP contribution in [0.25, 0.3) is 0 Å². The van der Waals surface area contributed by atoms with E-state index in [0.29, 0.717) is 12.1 Å². The van der Waals surface area contributed by atoms with E-state index in [4.69, 9.17) is 27.5 Å². The highest BCUT2D eigenvalue weighted by Gasteiger charge is 2.82. The third kappa shape index (κ3) is 12.6. The first-order valence-electron chi connectivity index (χ1n) is 17.6. The number of nitro groups is 1. The van der Waals surface area contributed by atoms with Crippen molar-refractivity contribution < 1.29 is 116 Å². The maximum atomic E-state index is 14.2. The molecular weight excluding hydrogens is 924 g/mol. The number of halogens is 18. The highest BCUT2D eigenvalue weighted by molar-refractivity contribution is 6.60. The largest absolute Gasteiger partial charge is 0.500 e. The second-order valence-corrected chi connectivity index (χ2v) is 17.6. The molecule has 1 rings (SSSR count). The molecule has 0 aromatic heterocycles. The average molecular weight is 966 g/mol. The molecule has 0 N–H and O–H groups in total. The molecule has 1 aromatic carbocycles. The van der Waals surface area contributed by atoms with Gasteiger partial charge in [-0.3, -0.25) is 14.9 Å². The van der Waals surface area contributed by atoms with Crippen LogP contribution in [0.1, 0.15) is 77.4 Å². The number of esters is 1. The number of nitrogens with zero attached hydrogens (tertiary/aromatic N) is 1. The van der Waals surface area contributed by atoms with Crippen LogP contribution in [0.2, 0.25) is 6.04 Å². The van der Waals surface area contributed by atoms with E-state index >= 15 is 0 Å². The molecule has 1 aromatic rings. The zero-order valence-corrected chi connectivity index (χ0v) is 34.2. The van der Waals surface area contributed by atoms with E-state index in [9.17, 15) is 93.9 Å². The first-order valence-corrected chi connectivity index (χ1v) is 19.5. The molecule has 10 nitrogen and oxygen atoms in total. The lowest BCUT2D eigenvalue weighted by Gasteiger charge is -2.33. The number of unbranched alkanes of at least 4 members (excludes halogenated alkanes) is 1. The Hall–Kier alpha value is -3.47. The van der Waals surface area contributed by atoms with Gasteiger partial charge in [-0.15, -0.1) is 0 Å². The van der Waals surface area contributed by atoms with Gasteiger partial charge in [-0.25, -0.2) is 0 Å². The summed E-state index contributed by atoms with van der Waals surface area (Å²) in [6.45, 7) is 1.36. The molecule has 0 amide bonds. The summed E-state index contributed by atoms with van der Waals surface area (Å²) in [6.07, 6.45) is -23.9. The van der Waals surface area contributed by atoms with Crippen LogP contribution in [0.4, 0.5) is 84.7 Å². The third-order valence-corrected chi connectivity index (χ3v) is 11.7. The minimum atomic E-state index is -7.25. The van der Waals surface area contributed by atoms with Crippen molar-refractivity contribution in [1.82, 2.24) is 0 Å². The van der Waals surface area contributed by atoms with Crippen LogP contribution in [0.5, 0.6) is 11.5 Å². The van der Waals surface area contributed by atoms with E-state index in [1.807, 2.05) is 0 Å². The van der Waals surface area contributed by atoms with Gasteiger partial charge in [0.05, 0.1) is 29.8 Å². The topological polar surface area (TPSA) is 116 Å². The van der Waals surface area contributed by atoms with Gasteiger partial charge in [0, 0.05) is 52.1 Å². The standard InChI is InChI=1S/C33H41F18NO9Si/c1-25(2,3)24(61-23(53)11-7-8-16-62(56-4,57-5)58-6)19-17-21(59-14-9-12-26(34,35)28(38,39)30(42,43)32(46,47)48)22(18-20(19)52(54)55)60-15-10-13-27(36,37)29(40,41)31(44,45)33(49,50)51/h17-18,24H,7-16H2,1-6H3. The lowest BCUT2D eigenvalue weighted by atomic mass is 9.83. The number of alkyl halides is 18. The number of carbonyl (C=O) groups is 1. The Morgan fingerprint density at radius 2 is 1.02 bits per heavy atom. The zero-order chi connectivity index (χ0) is 48.8. The van der Waals surface area contributed by atoms with Gasteiger partial charge in [-0.1, -0.05) is 20.8 Å². The summed E-state index contributed by atoms with van der Waals surface area (Å²) in [5, 5.41) is 12.3. The number of carbonyl (C=O) groups excluding carboxylic acids is 1. The van der Waals surface area contributed by atoms with E-state index in [1.54, 1.807) is 0 Å². The molecule has 0 aliphatic rings. The summed E-state index contributed by atoms with van der Waals surface area (Å²) in [4.78, 5) is 24.1. The predicted molar refractivity (Wildman–Crippen MR) is 178 cm³/mol. The molecule has 0 saturated carbocycles. The lowest BCUT2D eigenvalue weighted by Crippen LogP contribution is -2.60. The monoisotopic (exact) mass is 965 g/mol. The third-order valence-electron chi connectivity index (χ3n) is 8.86. The highest BCUT2D eigenvalue weighted by Crippen LogP contribution is 2.56. The van der Waals surface area contributed by atoms with Crippen LogP contribution >= 0.6 is 0 Å². The lowest BCUT2D eigenvalue weighted by molar-refractivity contribution is -0.396. The number of nitro benzene ring substituents is 1. The molecule has 0 saturated heterocycles. The molecule has 0 aliphatic carbocycles. The van der Waals surface area contributed by atoms with Crippen molar-refractivity contribution in [2.24, 2.45) is 5.41 Å². The van der Waals surface area contributed by atoms with Crippen molar-refractivity contribution in [3.8, 4) is 11.5 Å². The fraction of sp³-hybridized carbons (Fsp3) is 0.788. The molecule has 362 valence electrons. The van der Waals surface area contributed by atoms with Crippen LogP contribution in [-0.4, -0.2) is 102 Å². The number of hydrogen-bond donors (Lipinski definition) is 0. The SMILES string of the molecule is CO[Si](CCCCC(=O)OC(c1cc(OCCCC(F)(F)C(F)(F)C(F)(F)C(F)(F)F)c(OCCCC(F)(F)C(F)(F)C(F)(F)C(F)(F)F)cc1[N+](=O)[O-])C(C)(C)C)(OC)OC. The fourth-order valence-electron chi connectivity index (χ4n) is 5.30. The average Bonchev–Trinajstić information content (AvgIpc) is 3.12. The quantitative estimate of drug-likeness (QED) is 0.0236. The molecule has 0 heterocycles. The number of benzene rings is 1. The van der Waals surface area contributed by atoms with Gasteiger partial charge >= 0.3 is 62.7 Å². The van der Waals surface area contributed by atoms with E-state index in [2.05, 4.69) is 0 Å². The Labute approximate surface area is 342 Å². The maximum Gasteiger partial charge on any atom is 0.500 e. The molecule has 1 atom stereocenters. The minimum absolute atomic E-state index is 0.0984. The van der Waals surface area contributed by atoms with Gasteiger partial charge in [0.2, 0.25) is 0 Å². The van der Waals surface area contributed by atoms with E-state index in [-0.39, 0.29) is 25.3 Å². The van der Waals surface area contributed by atoms with Crippen LogP contribution < -0.4 is 9.47 Å². The van der Waals surface area contributed by atoms with Gasteiger partial charge in [-0.05, 0) is 31.7 Å². The number of hydrogen-bond acceptors (Lipinski definition) is 9. The van der Waals surface area contributed by atoms with Crippen molar-refractivity contribution >= 4 is 20.5 Å². The Kier molecular flexibility index (Phi) is 18.4. The van der Waals surface area contributed by atoms with Crippen molar-refractivity contribution in [2.75, 3.05) is 34.5 Å². The van der Waals surface area contributed by atoms with Gasteiger partial charge in [-0.2, -0.15) is 79.0 Å². The number of ether oxygens (including phenoxy) is 3. The Morgan fingerprint density at radius 1 is 0.629 bits per heavy atom. The van der Waals surface area contributed by atoms with Gasteiger partial charge in [0.15, 0.2) is 11.5 Å². The van der Waals surface area contributed by atoms with Crippen LogP contribution in [0.15, 0.2) is 12.1 Å². The second kappa shape index (κ2) is 20.1. The zero-order valence-electron chi connectivity index (χ0n) is 33.2. The van der Waals surface area contributed by atoms with Crippen molar-refractivity contribution in [3.63, 3.8) is 0 Å². The summed E-state index contributed by atoms with van der Waals surface area (Å²) < 4.78 is 271. The molecule has 29 heteroatoms. The van der Waals surface area contributed by atoms with Gasteiger partial charge < -0.3 is 27.5 Å². The van der Waals surface area contributed by atoms with Gasteiger partial charge in [0.1, 0.15) is 6.10 Å². The number of rotatable bonds is 25. The molecule has 0 bridgehead atoms. The van der Waals surface area contributed by atoms with E-state index in [0.717, 1.165) is 0 Å². The maximum absolute atomic E-state index is 14.2. The van der Waals surface area contributed by atoms with Crippen LogP contribution in [0.3, 0.4) is 0 Å². The van der Waals surface area contributed by atoms with Crippen molar-refractivity contribution in [3.05, 3.63) is 27.8 Å². The molecule has 0 fully saturated rings. The highest BCUT2D eigenvalue weighted by atomic mass is 28.4. The van der Waals surface area contributed by atoms with Crippen LogP contribution in [-0.2, 0) is 22.8 Å². The minimum Gasteiger partial charge on any atom is -0.490 e. The summed E-state index contributed by atoms with van der Waals surface area (Å²) >= 11 is 0. The molecular formula is C33H41F18NO9Si. The molecule has 0 spiro atoms. The first-order chi connectivity index (χ1) is 27.8. The predicted octanol–water partition coefficient (Wildman–Crippen LogP) is 11.5. The summed E-state index contributed by atoms with van der Waals surface area (Å²) in [5.41, 5.74) is -3.01. The smallest absolute Gasteiger partial charge is 0.490 e. The Balaban J connectivity index is 3.62. The molecule has 62 heavy (non-hydrogen) atoms. The first kappa shape index (κ1) is 56.5. The summed E-state index contributed by atoms with van der Waals surface area (Å²) in [7, 11) is 0.883. The van der Waals surface area contributed by atoms with Crippen LogP contribution in [0, 0.1) is 15.5 Å². The Morgan fingerprint density at radius 3 is 1.35 bits per heavy atom. The molecule has 0 radical (unpaired) electrons. The molecule has 0 aliphatic heterocycles. The normalized spacial score (nSPS) is 14.8. The van der Waals surface area contributed by atoms with Crippen molar-refractivity contribution in [2.45, 2.75) is 126 Å². The van der Waals surface area contributed by atoms with Crippen molar-refractivity contribution in [1.29, 1.82) is 0 Å². The summed E-state index contributed by atoms with van der Waals surface area (Å²) in [5.74, 6) is -43.7. The summed E-state index contributed by atoms with van der Waals surface area (Å²) in [6, 6.07) is 1.18. The van der Waals surface area contributed by atoms with E-state index < -0.39 is 141 Å².